The van der Waals surface area contributed by atoms with Crippen molar-refractivity contribution in [3.63, 3.8) is 0 Å². The summed E-state index contributed by atoms with van der Waals surface area (Å²) in [6.45, 7) is 3.55. The molecule has 2 amide bonds. The molecule has 0 radical (unpaired) electrons. The van der Waals surface area contributed by atoms with Gasteiger partial charge in [0, 0.05) is 10.5 Å². The number of amides is 2. The van der Waals surface area contributed by atoms with Crippen molar-refractivity contribution < 1.29 is 14.3 Å². The zero-order valence-electron chi connectivity index (χ0n) is 13.1. The second-order valence-corrected chi connectivity index (χ2v) is 6.36. The third kappa shape index (κ3) is 5.56. The summed E-state index contributed by atoms with van der Waals surface area (Å²) in [5.41, 5.74) is 0. The summed E-state index contributed by atoms with van der Waals surface area (Å²) in [7, 11) is 0. The highest BCUT2D eigenvalue weighted by Gasteiger charge is 2.07. The molecular weight excluding hydrogens is 360 g/mol. The van der Waals surface area contributed by atoms with E-state index < -0.39 is 0 Å². The Morgan fingerprint density at radius 1 is 1.09 bits per heavy atom. The Labute approximate surface area is 143 Å². The predicted molar refractivity (Wildman–Crippen MR) is 93.4 cm³/mol. The van der Waals surface area contributed by atoms with E-state index in [2.05, 4.69) is 26.6 Å². The average Bonchev–Trinajstić information content (AvgIpc) is 2.50. The molecule has 23 heavy (non-hydrogen) atoms. The summed E-state index contributed by atoms with van der Waals surface area (Å²) in [4.78, 5) is 23.1. The van der Waals surface area contributed by atoms with Crippen LogP contribution in [0.25, 0.3) is 10.8 Å². The fourth-order valence-electron chi connectivity index (χ4n) is 2.04. The fourth-order valence-corrected chi connectivity index (χ4v) is 2.42. The van der Waals surface area contributed by atoms with Gasteiger partial charge in [-0.05, 0) is 48.9 Å². The Bertz CT molecular complexity index is 716. The number of nitrogens with one attached hydrogen (secondary N) is 2. The summed E-state index contributed by atoms with van der Waals surface area (Å²) in [6, 6.07) is 11.6. The van der Waals surface area contributed by atoms with Gasteiger partial charge in [-0.1, -0.05) is 28.1 Å². The Morgan fingerprint density at radius 2 is 1.78 bits per heavy atom. The number of carbonyl (C=O) groups is 2. The van der Waals surface area contributed by atoms with E-state index in [4.69, 9.17) is 4.74 Å². The summed E-state index contributed by atoms with van der Waals surface area (Å²) in [5.74, 6) is 0.0612. The van der Waals surface area contributed by atoms with Gasteiger partial charge in [0.2, 0.25) is 5.91 Å². The molecule has 0 aliphatic carbocycles. The van der Waals surface area contributed by atoms with Gasteiger partial charge in [-0.25, -0.2) is 0 Å². The number of hydrogen-bond acceptors (Lipinski definition) is 3. The Hall–Kier alpha value is -2.08. The highest BCUT2D eigenvalue weighted by atomic mass is 79.9. The predicted octanol–water partition coefficient (Wildman–Crippen LogP) is 2.62. The first-order chi connectivity index (χ1) is 10.9. The molecule has 0 fully saturated rings. The summed E-state index contributed by atoms with van der Waals surface area (Å²) >= 11 is 3.43. The molecule has 0 bridgehead atoms. The van der Waals surface area contributed by atoms with E-state index in [1.54, 1.807) is 0 Å². The quantitative estimate of drug-likeness (QED) is 0.811. The van der Waals surface area contributed by atoms with Gasteiger partial charge in [0.05, 0.1) is 6.54 Å². The van der Waals surface area contributed by atoms with Crippen LogP contribution in [0.1, 0.15) is 13.8 Å². The molecule has 2 aromatic carbocycles. The molecule has 0 saturated heterocycles. The molecule has 0 aliphatic heterocycles. The van der Waals surface area contributed by atoms with Crippen LogP contribution in [0, 0.1) is 0 Å². The minimum absolute atomic E-state index is 0.0493. The van der Waals surface area contributed by atoms with Crippen molar-refractivity contribution in [3.05, 3.63) is 40.9 Å². The molecule has 0 spiro atoms. The van der Waals surface area contributed by atoms with E-state index in [1.807, 2.05) is 50.2 Å². The smallest absolute Gasteiger partial charge is 0.258 e. The van der Waals surface area contributed by atoms with Crippen LogP contribution in [-0.4, -0.2) is 31.0 Å². The Kier molecular flexibility index (Phi) is 5.98. The van der Waals surface area contributed by atoms with E-state index in [9.17, 15) is 9.59 Å². The number of fused-ring (bicyclic) bond motifs is 1. The van der Waals surface area contributed by atoms with Crippen molar-refractivity contribution in [3.8, 4) is 5.75 Å². The van der Waals surface area contributed by atoms with E-state index in [0.29, 0.717) is 5.75 Å². The SMILES string of the molecule is CC(C)NC(=O)CNC(=O)COc1ccc2cc(Br)ccc2c1. The zero-order chi connectivity index (χ0) is 16.8. The molecule has 2 aromatic rings. The number of hydrogen-bond donors (Lipinski definition) is 2. The van der Waals surface area contributed by atoms with Crippen LogP contribution in [0.3, 0.4) is 0 Å². The lowest BCUT2D eigenvalue weighted by Gasteiger charge is -2.10. The van der Waals surface area contributed by atoms with Gasteiger partial charge in [0.1, 0.15) is 5.75 Å². The average molecular weight is 379 g/mol. The van der Waals surface area contributed by atoms with Crippen molar-refractivity contribution >= 4 is 38.5 Å². The van der Waals surface area contributed by atoms with Gasteiger partial charge in [0.25, 0.3) is 5.91 Å². The zero-order valence-corrected chi connectivity index (χ0v) is 14.6. The monoisotopic (exact) mass is 378 g/mol. The van der Waals surface area contributed by atoms with Crippen molar-refractivity contribution in [1.29, 1.82) is 0 Å². The normalized spacial score (nSPS) is 10.6. The minimum Gasteiger partial charge on any atom is -0.484 e. The molecule has 0 heterocycles. The van der Waals surface area contributed by atoms with Gasteiger partial charge in [0.15, 0.2) is 6.61 Å². The molecule has 0 saturated carbocycles. The maximum atomic E-state index is 11.7. The van der Waals surface area contributed by atoms with Crippen LogP contribution in [0.5, 0.6) is 5.75 Å². The standard InChI is InChI=1S/C17H19BrN2O3/c1-11(2)20-16(21)9-19-17(22)10-23-15-6-4-12-7-14(18)5-3-13(12)8-15/h3-8,11H,9-10H2,1-2H3,(H,19,22)(H,20,21). The molecular formula is C17H19BrN2O3. The van der Waals surface area contributed by atoms with Crippen LogP contribution >= 0.6 is 15.9 Å². The van der Waals surface area contributed by atoms with Crippen molar-refractivity contribution in [2.24, 2.45) is 0 Å². The van der Waals surface area contributed by atoms with Gasteiger partial charge < -0.3 is 15.4 Å². The molecule has 2 N–H and O–H groups in total. The summed E-state index contributed by atoms with van der Waals surface area (Å²) in [6.07, 6.45) is 0. The van der Waals surface area contributed by atoms with Crippen LogP contribution in [-0.2, 0) is 9.59 Å². The first-order valence-electron chi connectivity index (χ1n) is 7.32. The summed E-state index contributed by atoms with van der Waals surface area (Å²) in [5, 5.41) is 7.33. The maximum Gasteiger partial charge on any atom is 0.258 e. The highest BCUT2D eigenvalue weighted by molar-refractivity contribution is 9.10. The molecule has 2 rings (SSSR count). The lowest BCUT2D eigenvalue weighted by Crippen LogP contribution is -2.41. The number of benzene rings is 2. The van der Waals surface area contributed by atoms with Gasteiger partial charge in [-0.15, -0.1) is 0 Å². The van der Waals surface area contributed by atoms with E-state index in [-0.39, 0.29) is 31.0 Å². The van der Waals surface area contributed by atoms with Crippen LogP contribution in [0.4, 0.5) is 0 Å². The first-order valence-corrected chi connectivity index (χ1v) is 8.11. The van der Waals surface area contributed by atoms with E-state index >= 15 is 0 Å². The lowest BCUT2D eigenvalue weighted by molar-refractivity contribution is -0.127. The van der Waals surface area contributed by atoms with Crippen LogP contribution < -0.4 is 15.4 Å². The fraction of sp³-hybridized carbons (Fsp3) is 0.294. The van der Waals surface area contributed by atoms with E-state index in [1.165, 1.54) is 0 Å². The molecule has 6 heteroatoms. The van der Waals surface area contributed by atoms with E-state index in [0.717, 1.165) is 15.2 Å². The molecule has 122 valence electrons. The molecule has 0 unspecified atom stereocenters. The Balaban J connectivity index is 1.84. The second kappa shape index (κ2) is 7.97. The lowest BCUT2D eigenvalue weighted by atomic mass is 10.1. The maximum absolute atomic E-state index is 11.7. The number of rotatable bonds is 6. The second-order valence-electron chi connectivity index (χ2n) is 5.44. The number of halogens is 1. The van der Waals surface area contributed by atoms with Crippen molar-refractivity contribution in [2.45, 2.75) is 19.9 Å². The molecule has 0 aromatic heterocycles. The minimum atomic E-state index is -0.334. The molecule has 0 aliphatic rings. The number of carbonyl (C=O) groups excluding carboxylic acids is 2. The first kappa shape index (κ1) is 17.3. The Morgan fingerprint density at radius 3 is 2.52 bits per heavy atom. The van der Waals surface area contributed by atoms with Crippen molar-refractivity contribution in [1.82, 2.24) is 10.6 Å². The molecule has 0 atom stereocenters. The highest BCUT2D eigenvalue weighted by Crippen LogP contribution is 2.24. The topological polar surface area (TPSA) is 67.4 Å². The van der Waals surface area contributed by atoms with Crippen LogP contribution in [0.2, 0.25) is 0 Å². The van der Waals surface area contributed by atoms with Gasteiger partial charge in [-0.3, -0.25) is 9.59 Å². The largest absolute Gasteiger partial charge is 0.484 e. The van der Waals surface area contributed by atoms with Crippen LogP contribution in [0.15, 0.2) is 40.9 Å². The van der Waals surface area contributed by atoms with Gasteiger partial charge >= 0.3 is 0 Å². The third-order valence-electron chi connectivity index (χ3n) is 3.04. The van der Waals surface area contributed by atoms with Crippen molar-refractivity contribution in [2.75, 3.05) is 13.2 Å². The summed E-state index contributed by atoms with van der Waals surface area (Å²) < 4.78 is 6.48. The molecule has 5 nitrogen and oxygen atoms in total. The third-order valence-corrected chi connectivity index (χ3v) is 3.53. The number of ether oxygens (including phenoxy) is 1. The van der Waals surface area contributed by atoms with Gasteiger partial charge in [-0.2, -0.15) is 0 Å².